The maximum absolute atomic E-state index is 13.8. The van der Waals surface area contributed by atoms with Crippen molar-refractivity contribution in [1.82, 2.24) is 25.8 Å². The van der Waals surface area contributed by atoms with Crippen LogP contribution in [0.4, 0.5) is 9.59 Å². The van der Waals surface area contributed by atoms with Crippen LogP contribution >= 0.6 is 0 Å². The van der Waals surface area contributed by atoms with Crippen LogP contribution in [0.1, 0.15) is 81.3 Å². The number of nitrogens with one attached hydrogen (secondary N) is 3. The van der Waals surface area contributed by atoms with Gasteiger partial charge >= 0.3 is 12.2 Å². The SMILES string of the molecule is C=C[C@@H]1C[C@]1(NC(=O)[C@@H]1C[C@@H]2CN1C(=O)CNC(=O)[C@@H](NC(=O)OCc1ccccc1)COC/C=C/c1cccc3c1CN(C3)C(=O)O2)C(=C)N.CC(C)C.CC1CC1.[HH].[HH].[HH].[HH]. The molecule has 0 unspecified atom stereocenters. The minimum absolute atomic E-state index is 0. The zero-order chi connectivity index (χ0) is 42.7. The molecule has 3 heterocycles. The third-order valence-electron chi connectivity index (χ3n) is 10.5. The monoisotopic (exact) mass is 821 g/mol. The number of amides is 5. The van der Waals surface area contributed by atoms with Crippen molar-refractivity contribution in [3.8, 4) is 0 Å². The van der Waals surface area contributed by atoms with Crippen molar-refractivity contribution in [1.29, 1.82) is 0 Å². The summed E-state index contributed by atoms with van der Waals surface area (Å²) in [5.74, 6) is 0.0108. The molecule has 2 aromatic carbocycles. The molecule has 5 N–H and O–H groups in total. The molecule has 0 radical (unpaired) electrons. The van der Waals surface area contributed by atoms with Crippen LogP contribution in [0, 0.1) is 17.8 Å². The molecule has 5 atom stereocenters. The van der Waals surface area contributed by atoms with Gasteiger partial charge in [0.15, 0.2) is 0 Å². The van der Waals surface area contributed by atoms with Gasteiger partial charge in [0.25, 0.3) is 0 Å². The van der Waals surface area contributed by atoms with E-state index >= 15 is 0 Å². The molecular formula is C45H68N6O8. The van der Waals surface area contributed by atoms with Crippen LogP contribution in [-0.2, 0) is 48.3 Å². The van der Waals surface area contributed by atoms with Crippen LogP contribution in [0.3, 0.4) is 0 Å². The average molecular weight is 821 g/mol. The van der Waals surface area contributed by atoms with E-state index in [-0.39, 0.29) is 50.1 Å². The van der Waals surface area contributed by atoms with Crippen LogP contribution in [0.5, 0.6) is 0 Å². The van der Waals surface area contributed by atoms with Crippen molar-refractivity contribution < 1.29 is 43.9 Å². The number of fused-ring (bicyclic) bond motifs is 3. The van der Waals surface area contributed by atoms with E-state index in [0.29, 0.717) is 19.5 Å². The Hall–Kier alpha value is -5.63. The second-order valence-electron chi connectivity index (χ2n) is 16.5. The Bertz CT molecular complexity index is 1900. The molecule has 1 saturated heterocycles. The molecule has 2 aromatic rings. The smallest absolute Gasteiger partial charge is 0.410 e. The Morgan fingerprint density at radius 2 is 1.81 bits per heavy atom. The van der Waals surface area contributed by atoms with Crippen LogP contribution in [0.25, 0.3) is 6.08 Å². The zero-order valence-corrected chi connectivity index (χ0v) is 34.7. The van der Waals surface area contributed by atoms with Gasteiger partial charge in [-0.15, -0.1) is 6.58 Å². The fraction of sp³-hybridized carbons (Fsp3) is 0.489. The number of benzene rings is 2. The molecule has 4 bridgehead atoms. The minimum atomic E-state index is -1.21. The molecule has 7 rings (SSSR count). The van der Waals surface area contributed by atoms with E-state index in [1.54, 1.807) is 29.2 Å². The Kier molecular flexibility index (Phi) is 15.4. The topological polar surface area (TPSA) is 182 Å². The number of carbonyl (C=O) groups excluding carboxylic acids is 5. The zero-order valence-electron chi connectivity index (χ0n) is 34.7. The molecule has 3 fully saturated rings. The maximum atomic E-state index is 13.8. The van der Waals surface area contributed by atoms with E-state index < -0.39 is 60.2 Å². The van der Waals surface area contributed by atoms with E-state index in [1.165, 1.54) is 17.7 Å². The summed E-state index contributed by atoms with van der Waals surface area (Å²) in [4.78, 5) is 69.8. The molecular weight excluding hydrogens is 753 g/mol. The fourth-order valence-electron chi connectivity index (χ4n) is 6.90. The molecule has 3 aliphatic heterocycles. The van der Waals surface area contributed by atoms with Gasteiger partial charge in [-0.25, -0.2) is 9.59 Å². The van der Waals surface area contributed by atoms with Crippen molar-refractivity contribution in [3.05, 3.63) is 102 Å². The molecule has 5 aliphatic rings. The van der Waals surface area contributed by atoms with Gasteiger partial charge in [-0.2, -0.15) is 0 Å². The van der Waals surface area contributed by atoms with Crippen LogP contribution in [0.15, 0.2) is 79.5 Å². The summed E-state index contributed by atoms with van der Waals surface area (Å²) in [6, 6.07) is 12.6. The molecule has 14 nitrogen and oxygen atoms in total. The molecule has 2 saturated carbocycles. The van der Waals surface area contributed by atoms with Gasteiger partial charge in [-0.3, -0.25) is 19.3 Å². The summed E-state index contributed by atoms with van der Waals surface area (Å²) >= 11 is 0. The average Bonchev–Trinajstić information content (AvgIpc) is 4.04. The minimum Gasteiger partial charge on any atom is -0.445 e. The molecule has 326 valence electrons. The number of alkyl carbamates (subject to hydrolysis) is 1. The Morgan fingerprint density at radius 3 is 2.46 bits per heavy atom. The molecule has 2 aliphatic carbocycles. The Balaban J connectivity index is 0.00000151. The number of nitrogens with two attached hydrogens (primary N) is 1. The maximum Gasteiger partial charge on any atom is 0.410 e. The summed E-state index contributed by atoms with van der Waals surface area (Å²) in [7, 11) is 0. The van der Waals surface area contributed by atoms with Crippen molar-refractivity contribution in [2.24, 2.45) is 23.5 Å². The number of hydrogen-bond donors (Lipinski definition) is 4. The summed E-state index contributed by atoms with van der Waals surface area (Å²) in [6.45, 7) is 16.4. The highest BCUT2D eigenvalue weighted by Gasteiger charge is 2.56. The highest BCUT2D eigenvalue weighted by molar-refractivity contribution is 5.93. The number of carbonyl (C=O) groups is 5. The molecule has 5 amide bonds. The van der Waals surface area contributed by atoms with E-state index in [0.717, 1.165) is 34.1 Å². The summed E-state index contributed by atoms with van der Waals surface area (Å²) in [5.41, 5.74) is 9.03. The van der Waals surface area contributed by atoms with Gasteiger partial charge in [0.2, 0.25) is 17.7 Å². The lowest BCUT2D eigenvalue weighted by molar-refractivity contribution is -0.139. The summed E-state index contributed by atoms with van der Waals surface area (Å²) in [6.07, 6.45) is 6.64. The van der Waals surface area contributed by atoms with Crippen molar-refractivity contribution in [2.45, 2.75) is 96.8 Å². The van der Waals surface area contributed by atoms with Crippen molar-refractivity contribution in [3.63, 3.8) is 0 Å². The molecule has 59 heavy (non-hydrogen) atoms. The lowest BCUT2D eigenvalue weighted by Crippen LogP contribution is -2.54. The third-order valence-corrected chi connectivity index (χ3v) is 10.5. The van der Waals surface area contributed by atoms with E-state index in [1.807, 2.05) is 42.5 Å². The summed E-state index contributed by atoms with van der Waals surface area (Å²) in [5, 5.41) is 8.03. The Labute approximate surface area is 353 Å². The standard InChI is InChI=1S/C37H42N6O8.C4H8.C4H10.4H2/c1-3-27-16-37(27,23(2)38)41-34(46)31-15-28-19-43(31)32(44)17-39-33(45)30(40-35(47)50-21-24-9-5-4-6-10-24)22-49-14-8-13-25-11-7-12-26-18-42(20-29(25)26)36(48)51-28;1-4-2-3-4;1-4(2)3;;;;/h3-13,27-28,30-31H,1-2,14-22,38H2,(H,39,45)(H,40,47)(H,41,46);4H,2-3H2,1H3;4H,1-3H3;4*1H/b13-8+;;;;;;/t27-,28-,30+,31+,37+;;;;;;/m1....../s1. The number of rotatable bonds is 7. The second kappa shape index (κ2) is 20.4. The first-order valence-corrected chi connectivity index (χ1v) is 20.4. The Morgan fingerprint density at radius 1 is 1.10 bits per heavy atom. The van der Waals surface area contributed by atoms with Gasteiger partial charge < -0.3 is 40.8 Å². The van der Waals surface area contributed by atoms with Gasteiger partial charge in [0.1, 0.15) is 24.8 Å². The first kappa shape index (κ1) is 44.5. The predicted molar refractivity (Wildman–Crippen MR) is 232 cm³/mol. The first-order chi connectivity index (χ1) is 28.2. The normalized spacial score (nSPS) is 25.5. The van der Waals surface area contributed by atoms with Gasteiger partial charge in [0, 0.05) is 30.3 Å². The number of nitrogens with zero attached hydrogens (tertiary/aromatic N) is 2. The molecule has 0 aromatic heterocycles. The van der Waals surface area contributed by atoms with E-state index in [9.17, 15) is 24.0 Å². The highest BCUT2D eigenvalue weighted by Crippen LogP contribution is 2.47. The fourth-order valence-corrected chi connectivity index (χ4v) is 6.90. The van der Waals surface area contributed by atoms with Crippen molar-refractivity contribution in [2.75, 3.05) is 26.3 Å². The van der Waals surface area contributed by atoms with E-state index in [4.69, 9.17) is 19.9 Å². The van der Waals surface area contributed by atoms with Crippen molar-refractivity contribution >= 4 is 36.0 Å². The van der Waals surface area contributed by atoms with Gasteiger partial charge in [-0.05, 0) is 40.5 Å². The van der Waals surface area contributed by atoms with Gasteiger partial charge in [0.05, 0.1) is 38.4 Å². The lowest BCUT2D eigenvalue weighted by atomic mass is 10.0. The van der Waals surface area contributed by atoms with E-state index in [2.05, 4.69) is 56.8 Å². The van der Waals surface area contributed by atoms with Gasteiger partial charge in [-0.1, -0.05) is 114 Å². The third kappa shape index (κ3) is 12.4. The summed E-state index contributed by atoms with van der Waals surface area (Å²) < 4.78 is 17.0. The van der Waals surface area contributed by atoms with Crippen LogP contribution in [-0.4, -0.2) is 89.7 Å². The quantitative estimate of drug-likeness (QED) is 0.238. The molecule has 14 heteroatoms. The first-order valence-electron chi connectivity index (χ1n) is 20.4. The lowest BCUT2D eigenvalue weighted by Gasteiger charge is -2.27. The second-order valence-corrected chi connectivity index (χ2v) is 16.5. The number of hydrogen-bond acceptors (Lipinski definition) is 9. The van der Waals surface area contributed by atoms with Crippen LogP contribution < -0.4 is 21.7 Å². The molecule has 0 spiro atoms. The highest BCUT2D eigenvalue weighted by atomic mass is 16.6. The van der Waals surface area contributed by atoms with Crippen LogP contribution in [0.2, 0.25) is 0 Å². The largest absolute Gasteiger partial charge is 0.445 e. The number of ether oxygens (including phenoxy) is 3. The predicted octanol–water partition coefficient (Wildman–Crippen LogP) is 6.16.